The number of rotatable bonds is 5. The summed E-state index contributed by atoms with van der Waals surface area (Å²) in [6, 6.07) is 5.51. The van der Waals surface area contributed by atoms with E-state index in [0.29, 0.717) is 16.9 Å². The Bertz CT molecular complexity index is 1020. The lowest BCUT2D eigenvalue weighted by molar-refractivity contribution is 0.354. The molecular weight excluding hydrogens is 362 g/mol. The summed E-state index contributed by atoms with van der Waals surface area (Å²) >= 11 is 6.07. The fourth-order valence-electron chi connectivity index (χ4n) is 4.18. The van der Waals surface area contributed by atoms with Crippen molar-refractivity contribution in [3.8, 4) is 5.95 Å². The molecule has 3 aromatic rings. The lowest BCUT2D eigenvalue weighted by Gasteiger charge is -2.22. The van der Waals surface area contributed by atoms with E-state index in [1.165, 1.54) is 12.8 Å². The molecule has 2 aliphatic rings. The van der Waals surface area contributed by atoms with E-state index in [4.69, 9.17) is 11.6 Å². The topological polar surface area (TPSA) is 78.5 Å². The van der Waals surface area contributed by atoms with Crippen LogP contribution in [0.15, 0.2) is 23.0 Å². The number of nitrogens with one attached hydrogen (secondary N) is 3. The van der Waals surface area contributed by atoms with Gasteiger partial charge in [0.2, 0.25) is 5.95 Å². The molecule has 0 amide bonds. The molecule has 1 aliphatic carbocycles. The number of H-pyrrole nitrogens is 2. The smallest absolute Gasteiger partial charge is 0.277 e. The number of hydrogen-bond acceptors (Lipinski definition) is 3. The van der Waals surface area contributed by atoms with Gasteiger partial charge >= 0.3 is 0 Å². The Hall–Kier alpha value is -2.05. The van der Waals surface area contributed by atoms with Crippen LogP contribution in [0.4, 0.5) is 0 Å². The van der Waals surface area contributed by atoms with E-state index in [2.05, 4.69) is 20.4 Å². The van der Waals surface area contributed by atoms with E-state index in [1.54, 1.807) is 4.68 Å². The van der Waals surface area contributed by atoms with E-state index in [0.717, 1.165) is 67.0 Å². The number of benzene rings is 1. The van der Waals surface area contributed by atoms with Crippen molar-refractivity contribution >= 4 is 22.6 Å². The molecule has 1 aromatic carbocycles. The molecule has 1 aliphatic heterocycles. The van der Waals surface area contributed by atoms with Crippen LogP contribution in [0.5, 0.6) is 0 Å². The van der Waals surface area contributed by atoms with E-state index in [1.807, 2.05) is 18.2 Å². The highest BCUT2D eigenvalue weighted by Crippen LogP contribution is 2.40. The van der Waals surface area contributed by atoms with Gasteiger partial charge in [0.15, 0.2) is 0 Å². The summed E-state index contributed by atoms with van der Waals surface area (Å²) in [5, 5.41) is 7.42. The summed E-state index contributed by atoms with van der Waals surface area (Å²) in [6.45, 7) is 2.19. The SMILES string of the molecule is O=c1c(CCC2CCNCC2)c(C2CC2)[nH]n1-c1nc2ccc(Cl)cc2[nH]1. The lowest BCUT2D eigenvalue weighted by Crippen LogP contribution is -2.28. The molecule has 27 heavy (non-hydrogen) atoms. The number of nitrogens with zero attached hydrogens (tertiary/aromatic N) is 2. The average Bonchev–Trinajstić information content (AvgIpc) is 3.35. The summed E-state index contributed by atoms with van der Waals surface area (Å²) < 4.78 is 1.58. The van der Waals surface area contributed by atoms with Gasteiger partial charge in [-0.25, -0.2) is 4.98 Å². The standard InChI is InChI=1S/C20H24ClN5O/c21-14-4-6-16-17(11-14)24-20(23-16)26-19(27)15(18(25-26)13-2-3-13)5-1-12-7-9-22-10-8-12/h4,6,11-13,22,25H,1-3,5,7-10H2,(H,23,24). The third-order valence-electron chi connectivity index (χ3n) is 5.91. The highest BCUT2D eigenvalue weighted by atomic mass is 35.5. The lowest BCUT2D eigenvalue weighted by atomic mass is 9.91. The van der Waals surface area contributed by atoms with Crippen molar-refractivity contribution in [2.24, 2.45) is 5.92 Å². The van der Waals surface area contributed by atoms with Crippen molar-refractivity contribution in [1.29, 1.82) is 0 Å². The van der Waals surface area contributed by atoms with Gasteiger partial charge in [0.25, 0.3) is 5.56 Å². The number of aromatic nitrogens is 4. The summed E-state index contributed by atoms with van der Waals surface area (Å²) in [6.07, 6.45) is 6.69. The second-order valence-corrected chi connectivity index (χ2v) is 8.31. The molecule has 3 heterocycles. The van der Waals surface area contributed by atoms with Crippen molar-refractivity contribution < 1.29 is 0 Å². The molecule has 7 heteroatoms. The first-order valence-corrected chi connectivity index (χ1v) is 10.3. The number of imidazole rings is 1. The van der Waals surface area contributed by atoms with Crippen LogP contribution >= 0.6 is 11.6 Å². The van der Waals surface area contributed by atoms with Crippen molar-refractivity contribution in [2.45, 2.75) is 44.4 Å². The van der Waals surface area contributed by atoms with Crippen LogP contribution in [-0.4, -0.2) is 32.8 Å². The zero-order valence-corrected chi connectivity index (χ0v) is 16.0. The largest absolute Gasteiger partial charge is 0.322 e. The molecule has 0 spiro atoms. The molecule has 0 radical (unpaired) electrons. The van der Waals surface area contributed by atoms with Crippen LogP contribution in [0, 0.1) is 5.92 Å². The van der Waals surface area contributed by atoms with Gasteiger partial charge in [0, 0.05) is 22.2 Å². The molecule has 0 unspecified atom stereocenters. The van der Waals surface area contributed by atoms with Gasteiger partial charge in [-0.15, -0.1) is 0 Å². The van der Waals surface area contributed by atoms with Crippen LogP contribution in [-0.2, 0) is 6.42 Å². The van der Waals surface area contributed by atoms with Crippen molar-refractivity contribution in [3.63, 3.8) is 0 Å². The third kappa shape index (κ3) is 3.32. The number of aromatic amines is 2. The molecule has 5 rings (SSSR count). The molecule has 6 nitrogen and oxygen atoms in total. The van der Waals surface area contributed by atoms with Crippen LogP contribution in [0.2, 0.25) is 5.02 Å². The van der Waals surface area contributed by atoms with Gasteiger partial charge in [-0.2, -0.15) is 4.68 Å². The Morgan fingerprint density at radius 2 is 2.00 bits per heavy atom. The summed E-state index contributed by atoms with van der Waals surface area (Å²) in [7, 11) is 0. The minimum atomic E-state index is 0.0380. The number of halogens is 1. The first-order valence-electron chi connectivity index (χ1n) is 9.89. The predicted octanol–water partition coefficient (Wildman–Crippen LogP) is 3.50. The summed E-state index contributed by atoms with van der Waals surface area (Å²) in [4.78, 5) is 21.0. The van der Waals surface area contributed by atoms with Gasteiger partial charge in [-0.1, -0.05) is 11.6 Å². The van der Waals surface area contributed by atoms with Gasteiger partial charge in [-0.05, 0) is 75.7 Å². The van der Waals surface area contributed by atoms with Crippen molar-refractivity contribution in [3.05, 3.63) is 44.8 Å². The maximum absolute atomic E-state index is 13.2. The van der Waals surface area contributed by atoms with Gasteiger partial charge in [0.1, 0.15) is 0 Å². The zero-order chi connectivity index (χ0) is 18.4. The van der Waals surface area contributed by atoms with E-state index >= 15 is 0 Å². The van der Waals surface area contributed by atoms with E-state index in [9.17, 15) is 4.79 Å². The first kappa shape index (κ1) is 17.1. The molecular formula is C20H24ClN5O. The predicted molar refractivity (Wildman–Crippen MR) is 107 cm³/mol. The quantitative estimate of drug-likeness (QED) is 0.628. The highest BCUT2D eigenvalue weighted by Gasteiger charge is 2.31. The maximum atomic E-state index is 13.2. The second-order valence-electron chi connectivity index (χ2n) is 7.87. The van der Waals surface area contributed by atoms with Gasteiger partial charge < -0.3 is 10.3 Å². The third-order valence-corrected chi connectivity index (χ3v) is 6.14. The van der Waals surface area contributed by atoms with Crippen LogP contribution in [0.1, 0.15) is 49.3 Å². The molecule has 0 bridgehead atoms. The molecule has 3 N–H and O–H groups in total. The van der Waals surface area contributed by atoms with Crippen LogP contribution in [0.3, 0.4) is 0 Å². The second kappa shape index (κ2) is 6.84. The Labute approximate surface area is 162 Å². The Morgan fingerprint density at radius 3 is 2.78 bits per heavy atom. The molecule has 2 fully saturated rings. The number of fused-ring (bicyclic) bond motifs is 1. The molecule has 142 valence electrons. The maximum Gasteiger partial charge on any atom is 0.277 e. The minimum absolute atomic E-state index is 0.0380. The van der Waals surface area contributed by atoms with Crippen molar-refractivity contribution in [1.82, 2.24) is 25.1 Å². The minimum Gasteiger partial charge on any atom is -0.322 e. The molecule has 1 saturated carbocycles. The Kier molecular flexibility index (Phi) is 4.32. The zero-order valence-electron chi connectivity index (χ0n) is 15.2. The van der Waals surface area contributed by atoms with Crippen molar-refractivity contribution in [2.75, 3.05) is 13.1 Å². The van der Waals surface area contributed by atoms with Crippen LogP contribution in [0.25, 0.3) is 17.0 Å². The number of hydrogen-bond donors (Lipinski definition) is 3. The molecule has 1 saturated heterocycles. The van der Waals surface area contributed by atoms with E-state index in [-0.39, 0.29) is 5.56 Å². The monoisotopic (exact) mass is 385 g/mol. The fraction of sp³-hybridized carbons (Fsp3) is 0.500. The van der Waals surface area contributed by atoms with Gasteiger partial charge in [-0.3, -0.25) is 9.89 Å². The average molecular weight is 386 g/mol. The summed E-state index contributed by atoms with van der Waals surface area (Å²) in [5.41, 5.74) is 3.75. The van der Waals surface area contributed by atoms with E-state index < -0.39 is 0 Å². The Balaban J connectivity index is 1.48. The Morgan fingerprint density at radius 1 is 1.19 bits per heavy atom. The van der Waals surface area contributed by atoms with Gasteiger partial charge in [0.05, 0.1) is 11.0 Å². The highest BCUT2D eigenvalue weighted by molar-refractivity contribution is 6.31. The summed E-state index contributed by atoms with van der Waals surface area (Å²) in [5.74, 6) is 1.75. The molecule has 0 atom stereocenters. The first-order chi connectivity index (χ1) is 13.2. The molecule has 2 aromatic heterocycles. The normalized spacial score (nSPS) is 18.4. The number of piperidine rings is 1. The fourth-order valence-corrected chi connectivity index (χ4v) is 4.35. The van der Waals surface area contributed by atoms with Crippen LogP contribution < -0.4 is 10.9 Å².